The van der Waals surface area contributed by atoms with Gasteiger partial charge in [-0.05, 0) is 24.1 Å². The molecule has 0 bridgehead atoms. The summed E-state index contributed by atoms with van der Waals surface area (Å²) in [6.07, 6.45) is 2.85. The van der Waals surface area contributed by atoms with Crippen LogP contribution in [0.2, 0.25) is 0 Å². The average molecular weight is 276 g/mol. The molecule has 20 heavy (non-hydrogen) atoms. The van der Waals surface area contributed by atoms with Crippen molar-refractivity contribution in [1.82, 2.24) is 4.90 Å². The molecule has 1 N–H and O–H groups in total. The average Bonchev–Trinajstić information content (AvgIpc) is 2.45. The molecule has 0 aliphatic heterocycles. The molecule has 0 atom stereocenters. The molecule has 110 valence electrons. The third-order valence-corrected chi connectivity index (χ3v) is 3.15. The van der Waals surface area contributed by atoms with Crippen LogP contribution in [0, 0.1) is 0 Å². The number of carbonyl (C=O) groups is 1. The molecule has 1 aromatic rings. The first-order valence-electron chi connectivity index (χ1n) is 6.84. The molecule has 4 nitrogen and oxygen atoms in total. The number of aliphatic hydroxyl groups excluding tert-OH is 1. The number of anilines is 1. The lowest BCUT2D eigenvalue weighted by atomic mass is 10.1. The quantitative estimate of drug-likeness (QED) is 0.735. The molecule has 0 radical (unpaired) electrons. The van der Waals surface area contributed by atoms with E-state index in [1.807, 2.05) is 31.1 Å². The number of benzene rings is 1. The summed E-state index contributed by atoms with van der Waals surface area (Å²) in [6.45, 7) is 4.46. The molecule has 1 aromatic carbocycles. The van der Waals surface area contributed by atoms with Crippen molar-refractivity contribution >= 4 is 11.6 Å². The van der Waals surface area contributed by atoms with E-state index < -0.39 is 0 Å². The van der Waals surface area contributed by atoms with E-state index in [1.165, 1.54) is 0 Å². The zero-order valence-corrected chi connectivity index (χ0v) is 12.4. The highest BCUT2D eigenvalue weighted by molar-refractivity contribution is 5.76. The van der Waals surface area contributed by atoms with Gasteiger partial charge < -0.3 is 14.9 Å². The lowest BCUT2D eigenvalue weighted by Gasteiger charge is -2.20. The van der Waals surface area contributed by atoms with Crippen molar-refractivity contribution in [2.75, 3.05) is 38.7 Å². The third kappa shape index (κ3) is 5.05. The SMILES string of the molecule is C=CCN(CCO)C(=O)CCc1ccc(N(C)C)cc1. The van der Waals surface area contributed by atoms with E-state index in [9.17, 15) is 4.79 Å². The Morgan fingerprint density at radius 3 is 2.45 bits per heavy atom. The first kappa shape index (κ1) is 16.2. The second-order valence-electron chi connectivity index (χ2n) is 4.91. The van der Waals surface area contributed by atoms with E-state index in [2.05, 4.69) is 18.7 Å². The Balaban J connectivity index is 2.52. The van der Waals surface area contributed by atoms with Crippen LogP contribution in [-0.2, 0) is 11.2 Å². The van der Waals surface area contributed by atoms with Crippen LogP contribution in [0.15, 0.2) is 36.9 Å². The highest BCUT2D eigenvalue weighted by atomic mass is 16.3. The molecular formula is C16H24N2O2. The summed E-state index contributed by atoms with van der Waals surface area (Å²) in [7, 11) is 4.00. The van der Waals surface area contributed by atoms with E-state index in [0.717, 1.165) is 11.3 Å². The van der Waals surface area contributed by atoms with Gasteiger partial charge in [0, 0.05) is 39.3 Å². The van der Waals surface area contributed by atoms with Crippen molar-refractivity contribution < 1.29 is 9.90 Å². The van der Waals surface area contributed by atoms with Gasteiger partial charge in [0.1, 0.15) is 0 Å². The summed E-state index contributed by atoms with van der Waals surface area (Å²) < 4.78 is 0. The smallest absolute Gasteiger partial charge is 0.223 e. The highest BCUT2D eigenvalue weighted by Crippen LogP contribution is 2.13. The Hall–Kier alpha value is -1.81. The summed E-state index contributed by atoms with van der Waals surface area (Å²) in [6, 6.07) is 8.20. The van der Waals surface area contributed by atoms with E-state index >= 15 is 0 Å². The van der Waals surface area contributed by atoms with Gasteiger partial charge in [0.15, 0.2) is 0 Å². The fourth-order valence-electron chi connectivity index (χ4n) is 1.96. The Bertz CT molecular complexity index is 427. The van der Waals surface area contributed by atoms with Crippen molar-refractivity contribution in [2.45, 2.75) is 12.8 Å². The predicted molar refractivity (Wildman–Crippen MR) is 83.0 cm³/mol. The minimum atomic E-state index is -0.0168. The summed E-state index contributed by atoms with van der Waals surface area (Å²) in [5, 5.41) is 8.95. The zero-order valence-electron chi connectivity index (χ0n) is 12.4. The van der Waals surface area contributed by atoms with Gasteiger partial charge in [0.2, 0.25) is 5.91 Å². The molecule has 0 aliphatic rings. The molecule has 0 aliphatic carbocycles. The summed E-state index contributed by atoms with van der Waals surface area (Å²) in [4.78, 5) is 15.7. The van der Waals surface area contributed by atoms with Gasteiger partial charge in [-0.2, -0.15) is 0 Å². The molecule has 0 fully saturated rings. The van der Waals surface area contributed by atoms with E-state index in [-0.39, 0.29) is 12.5 Å². The molecule has 0 saturated heterocycles. The van der Waals surface area contributed by atoms with Gasteiger partial charge in [-0.15, -0.1) is 6.58 Å². The fraction of sp³-hybridized carbons (Fsp3) is 0.438. The number of aliphatic hydroxyl groups is 1. The molecule has 1 rings (SSSR count). The van der Waals surface area contributed by atoms with Gasteiger partial charge >= 0.3 is 0 Å². The lowest BCUT2D eigenvalue weighted by molar-refractivity contribution is -0.131. The molecule has 0 unspecified atom stereocenters. The van der Waals surface area contributed by atoms with Crippen LogP contribution in [0.3, 0.4) is 0 Å². The first-order chi connectivity index (χ1) is 9.58. The van der Waals surface area contributed by atoms with Gasteiger partial charge in [-0.25, -0.2) is 0 Å². The lowest BCUT2D eigenvalue weighted by Crippen LogP contribution is -2.33. The van der Waals surface area contributed by atoms with Crippen LogP contribution in [0.5, 0.6) is 0 Å². The van der Waals surface area contributed by atoms with Crippen LogP contribution in [0.25, 0.3) is 0 Å². The second-order valence-corrected chi connectivity index (χ2v) is 4.91. The molecule has 4 heteroatoms. The second kappa shape index (κ2) is 8.38. The molecule has 0 spiro atoms. The van der Waals surface area contributed by atoms with Gasteiger partial charge in [0.25, 0.3) is 0 Å². The Morgan fingerprint density at radius 2 is 1.95 bits per heavy atom. The maximum absolute atomic E-state index is 12.0. The normalized spacial score (nSPS) is 10.2. The molecule has 0 heterocycles. The Labute approximate surface area is 121 Å². The third-order valence-electron chi connectivity index (χ3n) is 3.15. The summed E-state index contributed by atoms with van der Waals surface area (Å²) >= 11 is 0. The largest absolute Gasteiger partial charge is 0.395 e. The minimum absolute atomic E-state index is 0.0168. The van der Waals surface area contributed by atoms with Crippen LogP contribution in [-0.4, -0.2) is 49.7 Å². The maximum Gasteiger partial charge on any atom is 0.223 e. The summed E-state index contributed by atoms with van der Waals surface area (Å²) in [5.41, 5.74) is 2.29. The first-order valence-corrected chi connectivity index (χ1v) is 6.84. The van der Waals surface area contributed by atoms with E-state index in [4.69, 9.17) is 5.11 Å². The van der Waals surface area contributed by atoms with Crippen LogP contribution < -0.4 is 4.90 Å². The molecule has 0 aromatic heterocycles. The van der Waals surface area contributed by atoms with Crippen molar-refractivity contribution in [3.63, 3.8) is 0 Å². The minimum Gasteiger partial charge on any atom is -0.395 e. The van der Waals surface area contributed by atoms with Crippen molar-refractivity contribution in [1.29, 1.82) is 0 Å². The topological polar surface area (TPSA) is 43.8 Å². The standard InChI is InChI=1S/C16H24N2O2/c1-4-11-18(12-13-19)16(20)10-7-14-5-8-15(9-6-14)17(2)3/h4-6,8-9,19H,1,7,10-13H2,2-3H3. The van der Waals surface area contributed by atoms with Crippen LogP contribution >= 0.6 is 0 Å². The van der Waals surface area contributed by atoms with Crippen molar-refractivity contribution in [3.05, 3.63) is 42.5 Å². The zero-order chi connectivity index (χ0) is 15.0. The van der Waals surface area contributed by atoms with Gasteiger partial charge in [-0.3, -0.25) is 4.79 Å². The molecule has 1 amide bonds. The van der Waals surface area contributed by atoms with Crippen molar-refractivity contribution in [3.8, 4) is 0 Å². The molecule has 0 saturated carbocycles. The number of nitrogens with zero attached hydrogens (tertiary/aromatic N) is 2. The maximum atomic E-state index is 12.0. The number of amides is 1. The van der Waals surface area contributed by atoms with Crippen molar-refractivity contribution in [2.24, 2.45) is 0 Å². The number of carbonyl (C=O) groups excluding carboxylic acids is 1. The van der Waals surface area contributed by atoms with E-state index in [0.29, 0.717) is 25.9 Å². The molecular weight excluding hydrogens is 252 g/mol. The number of rotatable bonds is 8. The number of aryl methyl sites for hydroxylation is 1. The Morgan fingerprint density at radius 1 is 1.30 bits per heavy atom. The summed E-state index contributed by atoms with van der Waals surface area (Å²) in [5.74, 6) is 0.0515. The van der Waals surface area contributed by atoms with Crippen LogP contribution in [0.1, 0.15) is 12.0 Å². The number of hydrogen-bond donors (Lipinski definition) is 1. The number of hydrogen-bond acceptors (Lipinski definition) is 3. The fourth-order valence-corrected chi connectivity index (χ4v) is 1.96. The van der Waals surface area contributed by atoms with E-state index in [1.54, 1.807) is 11.0 Å². The van der Waals surface area contributed by atoms with Gasteiger partial charge in [0.05, 0.1) is 6.61 Å². The predicted octanol–water partition coefficient (Wildman–Crippen LogP) is 1.69. The Kier molecular flexibility index (Phi) is 6.81. The highest BCUT2D eigenvalue weighted by Gasteiger charge is 2.11. The van der Waals surface area contributed by atoms with Crippen LogP contribution in [0.4, 0.5) is 5.69 Å². The monoisotopic (exact) mass is 276 g/mol. The van der Waals surface area contributed by atoms with Gasteiger partial charge in [-0.1, -0.05) is 18.2 Å².